The molecule has 0 aliphatic carbocycles. The number of nitrogen functional groups attached to an aromatic ring is 1. The Hall–Kier alpha value is -2.37. The summed E-state index contributed by atoms with van der Waals surface area (Å²) < 4.78 is 4.45. The average Bonchev–Trinajstić information content (AvgIpc) is 2.85. The van der Waals surface area contributed by atoms with Crippen molar-refractivity contribution in [3.63, 3.8) is 0 Å². The number of rotatable bonds is 5. The van der Waals surface area contributed by atoms with Crippen molar-refractivity contribution in [1.29, 1.82) is 0 Å². The van der Waals surface area contributed by atoms with E-state index in [4.69, 9.17) is 5.73 Å². The molecule has 3 N–H and O–H groups in total. The van der Waals surface area contributed by atoms with Crippen molar-refractivity contribution in [2.45, 2.75) is 26.3 Å². The van der Waals surface area contributed by atoms with Gasteiger partial charge in [0.1, 0.15) is 0 Å². The van der Waals surface area contributed by atoms with Gasteiger partial charge in [0.25, 0.3) is 5.91 Å². The van der Waals surface area contributed by atoms with Crippen LogP contribution >= 0.6 is 0 Å². The fourth-order valence-corrected chi connectivity index (χ4v) is 2.01. The van der Waals surface area contributed by atoms with E-state index >= 15 is 0 Å². The van der Waals surface area contributed by atoms with E-state index in [1.165, 1.54) is 0 Å². The summed E-state index contributed by atoms with van der Waals surface area (Å²) in [6.45, 7) is 4.21. The second-order valence-electron chi connectivity index (χ2n) is 5.06. The molecule has 0 fully saturated rings. The molecule has 6 nitrogen and oxygen atoms in total. The lowest BCUT2D eigenvalue weighted by atomic mass is 9.97. The monoisotopic (exact) mass is 274 g/mol. The average molecular weight is 274 g/mol. The highest BCUT2D eigenvalue weighted by Gasteiger charge is 2.21. The predicted octanol–water partition coefficient (Wildman–Crippen LogP) is 2.17. The zero-order valence-electron chi connectivity index (χ0n) is 11.5. The first-order valence-electron chi connectivity index (χ1n) is 6.51. The van der Waals surface area contributed by atoms with Gasteiger partial charge in [-0.25, -0.2) is 4.63 Å². The number of carbonyl (C=O) groups excluding carboxylic acids is 1. The molecule has 1 amide bonds. The van der Waals surface area contributed by atoms with Crippen LogP contribution in [0.2, 0.25) is 0 Å². The van der Waals surface area contributed by atoms with Crippen LogP contribution in [0, 0.1) is 5.92 Å². The van der Waals surface area contributed by atoms with Crippen molar-refractivity contribution in [2.24, 2.45) is 5.92 Å². The molecule has 1 unspecified atom stereocenters. The second kappa shape index (κ2) is 6.18. The van der Waals surface area contributed by atoms with Crippen LogP contribution in [0.5, 0.6) is 0 Å². The number of amides is 1. The molecular weight excluding hydrogens is 256 g/mol. The first-order chi connectivity index (χ1) is 9.58. The summed E-state index contributed by atoms with van der Waals surface area (Å²) in [6.07, 6.45) is 0.820. The highest BCUT2D eigenvalue weighted by molar-refractivity contribution is 5.96. The Morgan fingerprint density at radius 3 is 2.55 bits per heavy atom. The van der Waals surface area contributed by atoms with E-state index in [-0.39, 0.29) is 23.5 Å². The van der Waals surface area contributed by atoms with Crippen LogP contribution in [0.15, 0.2) is 35.0 Å². The number of hydrogen-bond acceptors (Lipinski definition) is 5. The molecule has 106 valence electrons. The van der Waals surface area contributed by atoms with Crippen LogP contribution in [0.3, 0.4) is 0 Å². The van der Waals surface area contributed by atoms with Crippen LogP contribution < -0.4 is 11.1 Å². The highest BCUT2D eigenvalue weighted by Crippen LogP contribution is 2.21. The van der Waals surface area contributed by atoms with Crippen molar-refractivity contribution in [2.75, 3.05) is 5.73 Å². The van der Waals surface area contributed by atoms with Gasteiger partial charge < -0.3 is 11.1 Å². The summed E-state index contributed by atoms with van der Waals surface area (Å²) in [7, 11) is 0. The van der Waals surface area contributed by atoms with Gasteiger partial charge in [0, 0.05) is 0 Å². The highest BCUT2D eigenvalue weighted by atomic mass is 16.6. The molecule has 1 aromatic carbocycles. The van der Waals surface area contributed by atoms with Gasteiger partial charge in [-0.2, -0.15) is 0 Å². The molecule has 6 heteroatoms. The zero-order valence-corrected chi connectivity index (χ0v) is 11.5. The lowest BCUT2D eigenvalue weighted by Crippen LogP contribution is -2.30. The van der Waals surface area contributed by atoms with Gasteiger partial charge in [-0.3, -0.25) is 4.79 Å². The Morgan fingerprint density at radius 1 is 1.30 bits per heavy atom. The van der Waals surface area contributed by atoms with Crippen molar-refractivity contribution in [3.05, 3.63) is 41.6 Å². The smallest absolute Gasteiger partial charge is 0.277 e. The molecule has 1 heterocycles. The Labute approximate surface area is 117 Å². The standard InChI is InChI=1S/C14H18N4O2/c1-9(2)8-11(10-6-4-3-5-7-10)16-14(19)12-13(15)18-20-17-12/h3-7,9,11H,8H2,1-2H3,(H2,15,18)(H,16,19). The van der Waals surface area contributed by atoms with E-state index in [9.17, 15) is 4.79 Å². The van der Waals surface area contributed by atoms with Crippen molar-refractivity contribution in [3.8, 4) is 0 Å². The Bertz CT molecular complexity index is 566. The minimum atomic E-state index is -0.377. The number of hydrogen-bond donors (Lipinski definition) is 2. The molecule has 1 aromatic heterocycles. The van der Waals surface area contributed by atoms with Gasteiger partial charge >= 0.3 is 0 Å². The number of nitrogens with two attached hydrogens (primary N) is 1. The normalized spacial score (nSPS) is 12.3. The van der Waals surface area contributed by atoms with Crippen LogP contribution in [0.4, 0.5) is 5.82 Å². The van der Waals surface area contributed by atoms with Crippen molar-refractivity contribution in [1.82, 2.24) is 15.6 Å². The molecule has 2 aromatic rings. The van der Waals surface area contributed by atoms with Gasteiger partial charge in [-0.1, -0.05) is 44.2 Å². The van der Waals surface area contributed by atoms with E-state index in [0.29, 0.717) is 5.92 Å². The summed E-state index contributed by atoms with van der Waals surface area (Å²) in [4.78, 5) is 12.1. The van der Waals surface area contributed by atoms with Crippen LogP contribution in [0.1, 0.15) is 42.4 Å². The Balaban J connectivity index is 2.16. The molecule has 0 radical (unpaired) electrons. The van der Waals surface area contributed by atoms with E-state index in [0.717, 1.165) is 12.0 Å². The molecule has 2 rings (SSSR count). The topological polar surface area (TPSA) is 94.0 Å². The molecule has 0 bridgehead atoms. The van der Waals surface area contributed by atoms with E-state index in [2.05, 4.69) is 34.1 Å². The number of benzene rings is 1. The van der Waals surface area contributed by atoms with Gasteiger partial charge in [-0.15, -0.1) is 0 Å². The molecule has 0 aliphatic rings. The number of carbonyl (C=O) groups is 1. The van der Waals surface area contributed by atoms with E-state index in [1.54, 1.807) is 0 Å². The third-order valence-electron chi connectivity index (χ3n) is 2.94. The quantitative estimate of drug-likeness (QED) is 0.871. The lowest BCUT2D eigenvalue weighted by molar-refractivity contribution is 0.0922. The fraction of sp³-hybridized carbons (Fsp3) is 0.357. The number of nitrogens with one attached hydrogen (secondary N) is 1. The first-order valence-corrected chi connectivity index (χ1v) is 6.51. The van der Waals surface area contributed by atoms with Gasteiger partial charge in [-0.05, 0) is 28.2 Å². The zero-order chi connectivity index (χ0) is 14.5. The maximum Gasteiger partial charge on any atom is 0.277 e. The van der Waals surface area contributed by atoms with Gasteiger partial charge in [0.05, 0.1) is 6.04 Å². The molecule has 0 spiro atoms. The number of nitrogens with zero attached hydrogens (tertiary/aromatic N) is 2. The SMILES string of the molecule is CC(C)CC(NC(=O)c1nonc1N)c1ccccc1. The number of aromatic nitrogens is 2. The lowest BCUT2D eigenvalue weighted by Gasteiger charge is -2.20. The molecule has 0 saturated heterocycles. The third kappa shape index (κ3) is 3.34. The molecule has 0 saturated carbocycles. The fourth-order valence-electron chi connectivity index (χ4n) is 2.01. The summed E-state index contributed by atoms with van der Waals surface area (Å²) in [5, 5.41) is 9.85. The molecule has 1 atom stereocenters. The Kier molecular flexibility index (Phi) is 4.34. The maximum absolute atomic E-state index is 12.1. The summed E-state index contributed by atoms with van der Waals surface area (Å²) in [5.41, 5.74) is 6.60. The van der Waals surface area contributed by atoms with Crippen LogP contribution in [-0.4, -0.2) is 16.2 Å². The second-order valence-corrected chi connectivity index (χ2v) is 5.06. The maximum atomic E-state index is 12.1. The van der Waals surface area contributed by atoms with Gasteiger partial charge in [0.15, 0.2) is 0 Å². The van der Waals surface area contributed by atoms with Crippen LogP contribution in [0.25, 0.3) is 0 Å². The van der Waals surface area contributed by atoms with E-state index < -0.39 is 0 Å². The summed E-state index contributed by atoms with van der Waals surface area (Å²) >= 11 is 0. The van der Waals surface area contributed by atoms with Crippen LogP contribution in [-0.2, 0) is 0 Å². The van der Waals surface area contributed by atoms with Crippen molar-refractivity contribution >= 4 is 11.7 Å². The summed E-state index contributed by atoms with van der Waals surface area (Å²) in [6, 6.07) is 9.70. The van der Waals surface area contributed by atoms with Crippen molar-refractivity contribution < 1.29 is 9.42 Å². The predicted molar refractivity (Wildman–Crippen MR) is 74.8 cm³/mol. The first kappa shape index (κ1) is 14.0. The summed E-state index contributed by atoms with van der Waals surface area (Å²) in [5.74, 6) is 0.0606. The molecular formula is C14H18N4O2. The number of anilines is 1. The molecule has 0 aliphatic heterocycles. The van der Waals surface area contributed by atoms with E-state index in [1.807, 2.05) is 30.3 Å². The minimum absolute atomic E-state index is 0.00106. The largest absolute Gasteiger partial charge is 0.379 e. The third-order valence-corrected chi connectivity index (χ3v) is 2.94. The molecule has 20 heavy (non-hydrogen) atoms. The van der Waals surface area contributed by atoms with Gasteiger partial charge in [0.2, 0.25) is 11.5 Å². The Morgan fingerprint density at radius 2 is 2.00 bits per heavy atom. The minimum Gasteiger partial charge on any atom is -0.379 e.